The molecule has 0 spiro atoms. The predicted octanol–water partition coefficient (Wildman–Crippen LogP) is 5.80. The molecule has 3 atom stereocenters. The highest BCUT2D eigenvalue weighted by atomic mass is 32.2. The zero-order valence-corrected chi connectivity index (χ0v) is 19.7. The number of aryl methyl sites for hydroxylation is 1. The molecule has 1 aliphatic heterocycles. The van der Waals surface area contributed by atoms with Crippen LogP contribution in [0.1, 0.15) is 43.7 Å². The summed E-state index contributed by atoms with van der Waals surface area (Å²) in [6.45, 7) is 6.07. The fourth-order valence-corrected chi connectivity index (χ4v) is 6.47. The number of allylic oxidation sites excluding steroid dienone is 2. The maximum Gasteiger partial charge on any atom is 0.309 e. The SMILES string of the molecule is COC(=O)[C@@H](CCC=C(C)C)[C@H]1C[S@@](=O)(c2ccccc2)=Nc2c(OC)cc(C)cc21. The fourth-order valence-electron chi connectivity index (χ4n) is 4.13. The molecular formula is C25H31NO4S. The van der Waals surface area contributed by atoms with Crippen molar-refractivity contribution in [3.8, 4) is 5.75 Å². The quantitative estimate of drug-likeness (QED) is 0.403. The van der Waals surface area contributed by atoms with Gasteiger partial charge in [-0.1, -0.05) is 35.9 Å². The van der Waals surface area contributed by atoms with Crippen LogP contribution in [0.25, 0.3) is 0 Å². The van der Waals surface area contributed by atoms with Gasteiger partial charge in [0.15, 0.2) is 0 Å². The second-order valence-electron chi connectivity index (χ2n) is 8.21. The summed E-state index contributed by atoms with van der Waals surface area (Å²) in [5.74, 6) is -0.143. The molecule has 6 heteroatoms. The predicted molar refractivity (Wildman–Crippen MR) is 124 cm³/mol. The van der Waals surface area contributed by atoms with Gasteiger partial charge in [-0.25, -0.2) is 4.21 Å². The molecule has 0 radical (unpaired) electrons. The number of carbonyl (C=O) groups is 1. The first-order valence-electron chi connectivity index (χ1n) is 10.5. The normalized spacial score (nSPS) is 20.7. The summed E-state index contributed by atoms with van der Waals surface area (Å²) in [4.78, 5) is 13.6. The van der Waals surface area contributed by atoms with Crippen LogP contribution in [0.15, 0.2) is 63.4 Å². The molecule has 0 saturated heterocycles. The van der Waals surface area contributed by atoms with Gasteiger partial charge in [-0.15, -0.1) is 0 Å². The summed E-state index contributed by atoms with van der Waals surface area (Å²) >= 11 is 0. The Hall–Kier alpha value is -2.60. The van der Waals surface area contributed by atoms with Crippen LogP contribution in [0, 0.1) is 12.8 Å². The summed E-state index contributed by atoms with van der Waals surface area (Å²) in [6.07, 6.45) is 3.48. The average Bonchev–Trinajstić information content (AvgIpc) is 2.76. The van der Waals surface area contributed by atoms with E-state index in [4.69, 9.17) is 13.8 Å². The summed E-state index contributed by atoms with van der Waals surface area (Å²) in [5, 5.41) is 0. The number of ether oxygens (including phenoxy) is 2. The molecule has 0 N–H and O–H groups in total. The molecule has 0 saturated carbocycles. The molecule has 0 aromatic heterocycles. The van der Waals surface area contributed by atoms with E-state index in [0.29, 0.717) is 22.8 Å². The molecule has 0 bridgehead atoms. The van der Waals surface area contributed by atoms with Crippen LogP contribution in [-0.2, 0) is 19.3 Å². The first-order chi connectivity index (χ1) is 14.8. The van der Waals surface area contributed by atoms with Crippen molar-refractivity contribution in [1.29, 1.82) is 0 Å². The van der Waals surface area contributed by atoms with Gasteiger partial charge in [0.2, 0.25) is 0 Å². The van der Waals surface area contributed by atoms with Crippen LogP contribution in [-0.4, -0.2) is 30.2 Å². The highest BCUT2D eigenvalue weighted by Crippen LogP contribution is 2.47. The third-order valence-electron chi connectivity index (χ3n) is 5.64. The van der Waals surface area contributed by atoms with E-state index in [9.17, 15) is 9.00 Å². The van der Waals surface area contributed by atoms with Crippen molar-refractivity contribution in [1.82, 2.24) is 0 Å². The Bertz CT molecular complexity index is 1090. The lowest BCUT2D eigenvalue weighted by Crippen LogP contribution is -2.31. The third-order valence-corrected chi connectivity index (χ3v) is 7.94. The first-order valence-corrected chi connectivity index (χ1v) is 12.2. The zero-order valence-electron chi connectivity index (χ0n) is 18.9. The van der Waals surface area contributed by atoms with Crippen molar-refractivity contribution in [2.75, 3.05) is 20.0 Å². The van der Waals surface area contributed by atoms with E-state index < -0.39 is 15.6 Å². The smallest absolute Gasteiger partial charge is 0.309 e. The molecule has 0 fully saturated rings. The molecule has 1 aliphatic rings. The molecule has 5 nitrogen and oxygen atoms in total. The standard InChI is InChI=1S/C25H31NO4S/c1-17(2)10-9-13-20(25(27)30-5)22-16-31(28,19-11-7-6-8-12-19)26-24-21(22)14-18(3)15-23(24)29-4/h6-8,10-12,14-15,20,22H,9,13,16H2,1-5H3/t20-,22+,31+/m0/s1. The summed E-state index contributed by atoms with van der Waals surface area (Å²) in [6, 6.07) is 13.2. The van der Waals surface area contributed by atoms with Crippen LogP contribution in [0.3, 0.4) is 0 Å². The summed E-state index contributed by atoms with van der Waals surface area (Å²) in [5.41, 5.74) is 3.69. The van der Waals surface area contributed by atoms with Crippen LogP contribution in [0.2, 0.25) is 0 Å². The van der Waals surface area contributed by atoms with Gasteiger partial charge >= 0.3 is 5.97 Å². The van der Waals surface area contributed by atoms with Crippen molar-refractivity contribution in [2.24, 2.45) is 10.3 Å². The van der Waals surface area contributed by atoms with Gasteiger partial charge in [-0.05, 0) is 62.9 Å². The Morgan fingerprint density at radius 3 is 2.55 bits per heavy atom. The second-order valence-corrected chi connectivity index (χ2v) is 10.5. The number of nitrogens with zero attached hydrogens (tertiary/aromatic N) is 1. The second kappa shape index (κ2) is 9.69. The minimum Gasteiger partial charge on any atom is -0.494 e. The highest BCUT2D eigenvalue weighted by Gasteiger charge is 2.38. The summed E-state index contributed by atoms with van der Waals surface area (Å²) in [7, 11) is 0.218. The van der Waals surface area contributed by atoms with E-state index in [0.717, 1.165) is 17.5 Å². The Morgan fingerprint density at radius 2 is 1.94 bits per heavy atom. The number of methoxy groups -OCH3 is 2. The lowest BCUT2D eigenvalue weighted by molar-refractivity contribution is -0.146. The van der Waals surface area contributed by atoms with Gasteiger partial charge < -0.3 is 9.47 Å². The Kier molecular flexibility index (Phi) is 7.21. The van der Waals surface area contributed by atoms with Crippen molar-refractivity contribution < 1.29 is 18.5 Å². The van der Waals surface area contributed by atoms with Crippen molar-refractivity contribution >= 4 is 21.4 Å². The van der Waals surface area contributed by atoms with Gasteiger partial charge in [-0.3, -0.25) is 4.79 Å². The van der Waals surface area contributed by atoms with E-state index in [2.05, 4.69) is 6.08 Å². The van der Waals surface area contributed by atoms with Gasteiger partial charge in [-0.2, -0.15) is 4.36 Å². The number of hydrogen-bond donors (Lipinski definition) is 0. The lowest BCUT2D eigenvalue weighted by atomic mass is 9.82. The molecule has 1 heterocycles. The van der Waals surface area contributed by atoms with E-state index in [1.54, 1.807) is 7.11 Å². The highest BCUT2D eigenvalue weighted by molar-refractivity contribution is 7.93. The topological polar surface area (TPSA) is 65.0 Å². The van der Waals surface area contributed by atoms with Crippen molar-refractivity contribution in [2.45, 2.75) is 44.4 Å². The fraction of sp³-hybridized carbons (Fsp3) is 0.400. The van der Waals surface area contributed by atoms with E-state index in [1.807, 2.05) is 63.2 Å². The van der Waals surface area contributed by atoms with Crippen LogP contribution in [0.5, 0.6) is 5.75 Å². The van der Waals surface area contributed by atoms with Crippen LogP contribution < -0.4 is 4.74 Å². The van der Waals surface area contributed by atoms with Gasteiger partial charge in [0.25, 0.3) is 0 Å². The minimum absolute atomic E-state index is 0.269. The molecular weight excluding hydrogens is 410 g/mol. The van der Waals surface area contributed by atoms with E-state index in [1.165, 1.54) is 12.7 Å². The number of rotatable bonds is 7. The van der Waals surface area contributed by atoms with Gasteiger partial charge in [0.05, 0.1) is 29.9 Å². The number of benzene rings is 2. The molecule has 2 aromatic carbocycles. The van der Waals surface area contributed by atoms with Crippen molar-refractivity contribution in [3.05, 3.63) is 65.2 Å². The number of esters is 1. The average molecular weight is 442 g/mol. The van der Waals surface area contributed by atoms with E-state index in [-0.39, 0.29) is 17.6 Å². The molecule has 2 aromatic rings. The van der Waals surface area contributed by atoms with Gasteiger partial charge in [0, 0.05) is 16.6 Å². The van der Waals surface area contributed by atoms with E-state index >= 15 is 0 Å². The third kappa shape index (κ3) is 5.01. The monoisotopic (exact) mass is 441 g/mol. The molecule has 0 aliphatic carbocycles. The number of hydrogen-bond acceptors (Lipinski definition) is 5. The lowest BCUT2D eigenvalue weighted by Gasteiger charge is -2.32. The first kappa shape index (κ1) is 23.1. The molecule has 166 valence electrons. The summed E-state index contributed by atoms with van der Waals surface area (Å²) < 4.78 is 29.7. The maximum absolute atomic E-state index is 14.1. The number of fused-ring (bicyclic) bond motifs is 1. The maximum atomic E-state index is 14.1. The zero-order chi connectivity index (χ0) is 22.6. The minimum atomic E-state index is -2.78. The van der Waals surface area contributed by atoms with Crippen molar-refractivity contribution in [3.63, 3.8) is 0 Å². The Labute approximate surface area is 185 Å². The number of carbonyl (C=O) groups excluding carboxylic acids is 1. The molecule has 0 unspecified atom stereocenters. The molecule has 3 rings (SSSR count). The molecule has 0 amide bonds. The Balaban J connectivity index is 2.20. The van der Waals surface area contributed by atoms with Crippen LogP contribution >= 0.6 is 0 Å². The largest absolute Gasteiger partial charge is 0.494 e. The molecule has 31 heavy (non-hydrogen) atoms. The Morgan fingerprint density at radius 1 is 1.23 bits per heavy atom. The van der Waals surface area contributed by atoms with Crippen LogP contribution in [0.4, 0.5) is 5.69 Å². The van der Waals surface area contributed by atoms with Gasteiger partial charge in [0.1, 0.15) is 11.4 Å².